The summed E-state index contributed by atoms with van der Waals surface area (Å²) in [5.74, 6) is 1.05. The maximum Gasteiger partial charge on any atom is 0.232 e. The number of ether oxygens (including phenoxy) is 2. The van der Waals surface area contributed by atoms with E-state index in [1.165, 1.54) is 37.0 Å². The van der Waals surface area contributed by atoms with Crippen LogP contribution in [0.1, 0.15) is 50.6 Å². The largest absolute Gasteiger partial charge is 0.474 e. The Morgan fingerprint density at radius 2 is 2.00 bits per heavy atom. The summed E-state index contributed by atoms with van der Waals surface area (Å²) in [6.07, 6.45) is 11.1. The quantitative estimate of drug-likeness (QED) is 0.693. The number of rotatable bonds is 6. The zero-order valence-corrected chi connectivity index (χ0v) is 17.6. The fourth-order valence-corrected chi connectivity index (χ4v) is 4.47. The lowest BCUT2D eigenvalue weighted by Gasteiger charge is -2.23. The molecule has 9 heteroatoms. The van der Waals surface area contributed by atoms with E-state index in [0.717, 1.165) is 54.8 Å². The highest BCUT2D eigenvalue weighted by Gasteiger charge is 2.21. The molecule has 156 valence electrons. The number of allylic oxidation sites excluding steroid dienone is 1. The molecule has 1 saturated carbocycles. The van der Waals surface area contributed by atoms with Crippen molar-refractivity contribution in [3.63, 3.8) is 0 Å². The van der Waals surface area contributed by atoms with Crippen molar-refractivity contribution >= 4 is 33.9 Å². The Bertz CT molecular complexity index is 884. The molecule has 1 aliphatic heterocycles. The first-order chi connectivity index (χ1) is 14.2. The normalized spacial score (nSPS) is 19.8. The number of nitrogens with two attached hydrogens (primary N) is 1. The Labute approximate surface area is 174 Å². The highest BCUT2D eigenvalue weighted by Crippen LogP contribution is 2.32. The second kappa shape index (κ2) is 9.49. The molecule has 8 nitrogen and oxygen atoms in total. The average molecular weight is 417 g/mol. The molecule has 1 saturated heterocycles. The summed E-state index contributed by atoms with van der Waals surface area (Å²) < 4.78 is 16.1. The Morgan fingerprint density at radius 3 is 2.76 bits per heavy atom. The minimum Gasteiger partial charge on any atom is -0.474 e. The van der Waals surface area contributed by atoms with Crippen LogP contribution in [0.25, 0.3) is 10.2 Å². The first-order valence-corrected chi connectivity index (χ1v) is 11.1. The molecule has 3 N–H and O–H groups in total. The van der Waals surface area contributed by atoms with Crippen molar-refractivity contribution in [2.75, 3.05) is 18.5 Å². The van der Waals surface area contributed by atoms with E-state index in [2.05, 4.69) is 24.7 Å². The summed E-state index contributed by atoms with van der Waals surface area (Å²) in [5.41, 5.74) is 7.36. The summed E-state index contributed by atoms with van der Waals surface area (Å²) in [7, 11) is 0. The lowest BCUT2D eigenvalue weighted by atomic mass is 9.98. The zero-order valence-electron chi connectivity index (χ0n) is 16.8. The van der Waals surface area contributed by atoms with Gasteiger partial charge in [0, 0.05) is 25.6 Å². The van der Waals surface area contributed by atoms with E-state index in [9.17, 15) is 0 Å². The summed E-state index contributed by atoms with van der Waals surface area (Å²) in [6.45, 7) is 3.47. The van der Waals surface area contributed by atoms with Crippen LogP contribution in [0.15, 0.2) is 16.9 Å². The summed E-state index contributed by atoms with van der Waals surface area (Å²) >= 11 is 1.36. The van der Waals surface area contributed by atoms with Crippen molar-refractivity contribution in [3.8, 4) is 5.88 Å². The number of fused-ring (bicyclic) bond motifs is 1. The Balaban J connectivity index is 1.53. The second-order valence-electron chi connectivity index (χ2n) is 7.55. The fraction of sp³-hybridized carbons (Fsp3) is 0.600. The van der Waals surface area contributed by atoms with E-state index in [0.29, 0.717) is 17.5 Å². The van der Waals surface area contributed by atoms with Crippen LogP contribution in [-0.4, -0.2) is 45.9 Å². The smallest absolute Gasteiger partial charge is 0.232 e. The lowest BCUT2D eigenvalue weighted by Crippen LogP contribution is -2.21. The second-order valence-corrected chi connectivity index (χ2v) is 8.30. The van der Waals surface area contributed by atoms with Crippen LogP contribution in [0, 0.1) is 6.92 Å². The number of aromatic nitrogens is 3. The third-order valence-electron chi connectivity index (χ3n) is 5.35. The molecule has 2 fully saturated rings. The fourth-order valence-electron chi connectivity index (χ4n) is 3.70. The number of hydrogen-bond acceptors (Lipinski definition) is 9. The number of hydrogen-bond donors (Lipinski definition) is 2. The van der Waals surface area contributed by atoms with E-state index in [1.807, 2.05) is 6.92 Å². The number of anilines is 1. The summed E-state index contributed by atoms with van der Waals surface area (Å²) in [6, 6.07) is 0.262. The third kappa shape index (κ3) is 5.02. The van der Waals surface area contributed by atoms with Gasteiger partial charge in [0.2, 0.25) is 11.8 Å². The van der Waals surface area contributed by atoms with Gasteiger partial charge in [0.15, 0.2) is 4.83 Å². The van der Waals surface area contributed by atoms with Gasteiger partial charge in [0.1, 0.15) is 6.10 Å². The molecule has 2 aromatic rings. The molecule has 29 heavy (non-hydrogen) atoms. The summed E-state index contributed by atoms with van der Waals surface area (Å²) in [5, 5.41) is 4.08. The molecule has 0 radical (unpaired) electrons. The molecule has 0 aromatic carbocycles. The van der Waals surface area contributed by atoms with Gasteiger partial charge in [-0.25, -0.2) is 0 Å². The van der Waals surface area contributed by atoms with Gasteiger partial charge >= 0.3 is 0 Å². The zero-order chi connectivity index (χ0) is 20.1. The standard InChI is InChI=1S/C20H28N6O2S/c1-13-17-18(28-16-5-3-2-4-6-16)24-20(25-19(17)29-26-13)23-15(11-21)12-22-14-7-9-27-10-8-14/h11-12,14,16H,2-10,21H2,1H3,(H,23,24,25). The highest BCUT2D eigenvalue weighted by atomic mass is 32.1. The van der Waals surface area contributed by atoms with E-state index in [-0.39, 0.29) is 12.1 Å². The number of aliphatic imine (C=N–C) groups is 1. The predicted molar refractivity (Wildman–Crippen MR) is 116 cm³/mol. The van der Waals surface area contributed by atoms with E-state index >= 15 is 0 Å². The first-order valence-electron chi connectivity index (χ1n) is 10.3. The molecule has 4 rings (SSSR count). The molecule has 0 bridgehead atoms. The first kappa shape index (κ1) is 20.0. The van der Waals surface area contributed by atoms with Crippen molar-refractivity contribution < 1.29 is 9.47 Å². The molecular formula is C20H28N6O2S. The van der Waals surface area contributed by atoms with Crippen LogP contribution in [-0.2, 0) is 4.74 Å². The van der Waals surface area contributed by atoms with Gasteiger partial charge in [0.25, 0.3) is 0 Å². The van der Waals surface area contributed by atoms with Crippen molar-refractivity contribution in [2.24, 2.45) is 10.7 Å². The molecular weight excluding hydrogens is 388 g/mol. The minimum absolute atomic E-state index is 0.202. The van der Waals surface area contributed by atoms with Gasteiger partial charge in [-0.15, -0.1) is 0 Å². The predicted octanol–water partition coefficient (Wildman–Crippen LogP) is 3.57. The Morgan fingerprint density at radius 1 is 1.21 bits per heavy atom. The maximum absolute atomic E-state index is 6.30. The van der Waals surface area contributed by atoms with Crippen molar-refractivity contribution in [3.05, 3.63) is 17.6 Å². The molecule has 0 atom stereocenters. The third-order valence-corrected chi connectivity index (χ3v) is 6.19. The van der Waals surface area contributed by atoms with Crippen LogP contribution in [0.3, 0.4) is 0 Å². The topological polar surface area (TPSA) is 108 Å². The van der Waals surface area contributed by atoms with Gasteiger partial charge < -0.3 is 20.5 Å². The molecule has 0 amide bonds. The van der Waals surface area contributed by atoms with Crippen LogP contribution < -0.4 is 15.8 Å². The number of aryl methyl sites for hydroxylation is 1. The van der Waals surface area contributed by atoms with Gasteiger partial charge in [-0.05, 0) is 57.0 Å². The van der Waals surface area contributed by atoms with Crippen molar-refractivity contribution in [1.82, 2.24) is 14.3 Å². The van der Waals surface area contributed by atoms with E-state index < -0.39 is 0 Å². The van der Waals surface area contributed by atoms with Gasteiger partial charge in [-0.3, -0.25) is 4.99 Å². The molecule has 2 aliphatic rings. The molecule has 3 heterocycles. The highest BCUT2D eigenvalue weighted by molar-refractivity contribution is 7.13. The monoisotopic (exact) mass is 416 g/mol. The van der Waals surface area contributed by atoms with Gasteiger partial charge in [-0.1, -0.05) is 6.42 Å². The lowest BCUT2D eigenvalue weighted by molar-refractivity contribution is 0.0872. The average Bonchev–Trinajstić information content (AvgIpc) is 3.13. The number of nitrogens with one attached hydrogen (secondary N) is 1. The molecule has 2 aromatic heterocycles. The molecule has 0 spiro atoms. The van der Waals surface area contributed by atoms with E-state index in [4.69, 9.17) is 15.2 Å². The maximum atomic E-state index is 6.30. The molecule has 0 unspecified atom stereocenters. The van der Waals surface area contributed by atoms with Crippen LogP contribution in [0.5, 0.6) is 5.88 Å². The summed E-state index contributed by atoms with van der Waals surface area (Å²) in [4.78, 5) is 14.7. The molecule has 1 aliphatic carbocycles. The Hall–Kier alpha value is -2.26. The van der Waals surface area contributed by atoms with Crippen molar-refractivity contribution in [1.29, 1.82) is 0 Å². The van der Waals surface area contributed by atoms with Gasteiger partial charge in [0.05, 0.1) is 22.8 Å². The Kier molecular flexibility index (Phi) is 6.56. The SMILES string of the molecule is Cc1nsc2nc(NC(C=NC3CCOCC3)=CN)nc(OC3CCCCC3)c12. The van der Waals surface area contributed by atoms with Crippen LogP contribution >= 0.6 is 11.5 Å². The van der Waals surface area contributed by atoms with E-state index in [1.54, 1.807) is 6.21 Å². The van der Waals surface area contributed by atoms with Crippen LogP contribution in [0.2, 0.25) is 0 Å². The van der Waals surface area contributed by atoms with Gasteiger partial charge in [-0.2, -0.15) is 14.3 Å². The minimum atomic E-state index is 0.202. The van der Waals surface area contributed by atoms with Crippen molar-refractivity contribution in [2.45, 2.75) is 64.0 Å². The van der Waals surface area contributed by atoms with Crippen LogP contribution in [0.4, 0.5) is 5.95 Å². The number of nitrogens with zero attached hydrogens (tertiary/aromatic N) is 4.